The smallest absolute Gasteiger partial charge is 0.274 e. The van der Waals surface area contributed by atoms with Gasteiger partial charge in [0, 0.05) is 48.3 Å². The highest BCUT2D eigenvalue weighted by molar-refractivity contribution is 5.93. The summed E-state index contributed by atoms with van der Waals surface area (Å²) in [6.45, 7) is 7.82. The topological polar surface area (TPSA) is 66.7 Å². The standard InChI is InChI=1S/C23H27N3O3/c1-17-21(16-18-6-8-19(9-7-18)23(27)24-28)20-4-2-3-5-22(20)26(17)11-10-25-12-14-29-15-13-25/h2-9,28H,10-16H2,1H3,(H,24,27). The van der Waals surface area contributed by atoms with Crippen molar-refractivity contribution in [3.63, 3.8) is 0 Å². The number of nitrogens with zero attached hydrogens (tertiary/aromatic N) is 2. The number of hydrogen-bond acceptors (Lipinski definition) is 4. The molecule has 6 nitrogen and oxygen atoms in total. The van der Waals surface area contributed by atoms with Crippen LogP contribution in [0.4, 0.5) is 0 Å². The Bertz CT molecular complexity index is 989. The summed E-state index contributed by atoms with van der Waals surface area (Å²) in [5.74, 6) is -0.493. The first kappa shape index (κ1) is 19.6. The Morgan fingerprint density at radius 2 is 1.79 bits per heavy atom. The zero-order valence-electron chi connectivity index (χ0n) is 16.7. The highest BCUT2D eigenvalue weighted by Gasteiger charge is 2.16. The van der Waals surface area contributed by atoms with Crippen LogP contribution in [0, 0.1) is 6.92 Å². The van der Waals surface area contributed by atoms with Gasteiger partial charge in [-0.3, -0.25) is 14.9 Å². The van der Waals surface area contributed by atoms with E-state index in [0.29, 0.717) is 5.56 Å². The lowest BCUT2D eigenvalue weighted by Crippen LogP contribution is -2.38. The third kappa shape index (κ3) is 4.19. The molecule has 29 heavy (non-hydrogen) atoms. The second-order valence-corrected chi connectivity index (χ2v) is 7.50. The summed E-state index contributed by atoms with van der Waals surface area (Å²) < 4.78 is 7.88. The maximum Gasteiger partial charge on any atom is 0.274 e. The fourth-order valence-electron chi connectivity index (χ4n) is 4.12. The first-order valence-corrected chi connectivity index (χ1v) is 10.1. The number of carbonyl (C=O) groups excluding carboxylic acids is 1. The first-order valence-electron chi connectivity index (χ1n) is 10.1. The Morgan fingerprint density at radius 3 is 2.52 bits per heavy atom. The molecule has 0 aliphatic carbocycles. The van der Waals surface area contributed by atoms with E-state index < -0.39 is 5.91 Å². The summed E-state index contributed by atoms with van der Waals surface area (Å²) >= 11 is 0. The molecule has 0 spiro atoms. The Morgan fingerprint density at radius 1 is 1.07 bits per heavy atom. The van der Waals surface area contributed by atoms with Crippen molar-refractivity contribution < 1.29 is 14.7 Å². The second-order valence-electron chi connectivity index (χ2n) is 7.50. The molecule has 4 rings (SSSR count). The Kier molecular flexibility index (Phi) is 5.94. The summed E-state index contributed by atoms with van der Waals surface area (Å²) in [7, 11) is 0. The summed E-state index contributed by atoms with van der Waals surface area (Å²) in [5, 5.41) is 10.1. The van der Waals surface area contributed by atoms with Crippen LogP contribution in [0.2, 0.25) is 0 Å². The summed E-state index contributed by atoms with van der Waals surface area (Å²) in [4.78, 5) is 14.0. The highest BCUT2D eigenvalue weighted by atomic mass is 16.5. The molecule has 1 aromatic heterocycles. The number of hydroxylamine groups is 1. The number of rotatable bonds is 6. The number of benzene rings is 2. The number of nitrogens with one attached hydrogen (secondary N) is 1. The minimum absolute atomic E-state index is 0.445. The van der Waals surface area contributed by atoms with Crippen LogP contribution in [-0.2, 0) is 17.7 Å². The quantitative estimate of drug-likeness (QED) is 0.499. The van der Waals surface area contributed by atoms with Crippen LogP contribution in [0.3, 0.4) is 0 Å². The van der Waals surface area contributed by atoms with Gasteiger partial charge in [-0.25, -0.2) is 5.48 Å². The van der Waals surface area contributed by atoms with E-state index in [1.165, 1.54) is 22.2 Å². The van der Waals surface area contributed by atoms with Gasteiger partial charge in [-0.1, -0.05) is 30.3 Å². The number of morpholine rings is 1. The molecule has 1 aliphatic heterocycles. The molecule has 6 heteroatoms. The van der Waals surface area contributed by atoms with Gasteiger partial charge < -0.3 is 9.30 Å². The highest BCUT2D eigenvalue weighted by Crippen LogP contribution is 2.28. The molecule has 0 atom stereocenters. The maximum atomic E-state index is 11.5. The van der Waals surface area contributed by atoms with Crippen LogP contribution in [0.15, 0.2) is 48.5 Å². The molecule has 0 bridgehead atoms. The fourth-order valence-corrected chi connectivity index (χ4v) is 4.12. The van der Waals surface area contributed by atoms with Crippen molar-refractivity contribution in [2.75, 3.05) is 32.8 Å². The predicted octanol–water partition coefficient (Wildman–Crippen LogP) is 2.99. The van der Waals surface area contributed by atoms with Crippen LogP contribution < -0.4 is 5.48 Å². The van der Waals surface area contributed by atoms with Gasteiger partial charge in [0.05, 0.1) is 13.2 Å². The van der Waals surface area contributed by atoms with E-state index in [0.717, 1.165) is 51.4 Å². The van der Waals surface area contributed by atoms with Gasteiger partial charge in [0.15, 0.2) is 0 Å². The molecule has 0 radical (unpaired) electrons. The van der Waals surface area contributed by atoms with E-state index in [2.05, 4.69) is 40.7 Å². The lowest BCUT2D eigenvalue weighted by atomic mass is 10.0. The van der Waals surface area contributed by atoms with Crippen molar-refractivity contribution >= 4 is 16.8 Å². The Labute approximate surface area is 170 Å². The van der Waals surface area contributed by atoms with Crippen molar-refractivity contribution in [1.29, 1.82) is 0 Å². The van der Waals surface area contributed by atoms with Crippen LogP contribution in [0.25, 0.3) is 10.9 Å². The largest absolute Gasteiger partial charge is 0.379 e. The third-order valence-electron chi connectivity index (χ3n) is 5.80. The molecule has 1 aliphatic rings. The van der Waals surface area contributed by atoms with Crippen LogP contribution in [-0.4, -0.2) is 53.4 Å². The summed E-state index contributed by atoms with van der Waals surface area (Å²) in [5.41, 5.74) is 7.13. The number of hydrogen-bond donors (Lipinski definition) is 2. The molecular formula is C23H27N3O3. The Balaban J connectivity index is 1.59. The molecule has 1 amide bonds. The zero-order valence-corrected chi connectivity index (χ0v) is 16.7. The van der Waals surface area contributed by atoms with Crippen molar-refractivity contribution in [2.24, 2.45) is 0 Å². The van der Waals surface area contributed by atoms with Gasteiger partial charge in [-0.15, -0.1) is 0 Å². The normalized spacial score (nSPS) is 15.0. The molecule has 152 valence electrons. The maximum absolute atomic E-state index is 11.5. The number of aromatic nitrogens is 1. The molecule has 0 saturated carbocycles. The third-order valence-corrected chi connectivity index (χ3v) is 5.80. The monoisotopic (exact) mass is 393 g/mol. The van der Waals surface area contributed by atoms with Gasteiger partial charge >= 0.3 is 0 Å². The van der Waals surface area contributed by atoms with Crippen molar-refractivity contribution in [3.05, 3.63) is 70.9 Å². The fraction of sp³-hybridized carbons (Fsp3) is 0.348. The van der Waals surface area contributed by atoms with Crippen LogP contribution in [0.5, 0.6) is 0 Å². The first-order chi connectivity index (χ1) is 14.2. The van der Waals surface area contributed by atoms with E-state index in [4.69, 9.17) is 9.94 Å². The van der Waals surface area contributed by atoms with E-state index in [1.807, 2.05) is 12.1 Å². The predicted molar refractivity (Wildman–Crippen MR) is 112 cm³/mol. The number of para-hydroxylation sites is 1. The van der Waals surface area contributed by atoms with Crippen molar-refractivity contribution in [1.82, 2.24) is 14.9 Å². The van der Waals surface area contributed by atoms with Crippen LogP contribution >= 0.6 is 0 Å². The molecule has 3 aromatic rings. The van der Waals surface area contributed by atoms with E-state index in [9.17, 15) is 4.79 Å². The van der Waals surface area contributed by atoms with Gasteiger partial charge in [-0.05, 0) is 42.7 Å². The molecule has 0 unspecified atom stereocenters. The average molecular weight is 393 g/mol. The lowest BCUT2D eigenvalue weighted by Gasteiger charge is -2.27. The van der Waals surface area contributed by atoms with Crippen LogP contribution in [0.1, 0.15) is 27.2 Å². The summed E-state index contributed by atoms with van der Waals surface area (Å²) in [6.07, 6.45) is 0.803. The zero-order chi connectivity index (χ0) is 20.2. The molecule has 2 aromatic carbocycles. The second kappa shape index (κ2) is 8.78. The van der Waals surface area contributed by atoms with Gasteiger partial charge in [-0.2, -0.15) is 0 Å². The number of ether oxygens (including phenoxy) is 1. The molecule has 1 saturated heterocycles. The van der Waals surface area contributed by atoms with E-state index >= 15 is 0 Å². The number of amides is 1. The lowest BCUT2D eigenvalue weighted by molar-refractivity contribution is 0.0365. The number of carbonyl (C=O) groups is 1. The van der Waals surface area contributed by atoms with E-state index in [-0.39, 0.29) is 0 Å². The molecule has 1 fully saturated rings. The van der Waals surface area contributed by atoms with Gasteiger partial charge in [0.25, 0.3) is 5.91 Å². The Hall–Kier alpha value is -2.67. The van der Waals surface area contributed by atoms with Gasteiger partial charge in [0.1, 0.15) is 0 Å². The van der Waals surface area contributed by atoms with Crippen molar-refractivity contribution in [3.8, 4) is 0 Å². The number of fused-ring (bicyclic) bond motifs is 1. The molecular weight excluding hydrogens is 366 g/mol. The minimum Gasteiger partial charge on any atom is -0.379 e. The molecule has 2 N–H and O–H groups in total. The van der Waals surface area contributed by atoms with Crippen molar-refractivity contribution in [2.45, 2.75) is 19.9 Å². The molecule has 2 heterocycles. The van der Waals surface area contributed by atoms with Gasteiger partial charge in [0.2, 0.25) is 0 Å². The van der Waals surface area contributed by atoms with E-state index in [1.54, 1.807) is 17.6 Å². The summed E-state index contributed by atoms with van der Waals surface area (Å²) in [6, 6.07) is 16.0. The SMILES string of the molecule is Cc1c(Cc2ccc(C(=O)NO)cc2)c2ccccc2n1CCN1CCOCC1. The minimum atomic E-state index is -0.493. The average Bonchev–Trinajstić information content (AvgIpc) is 3.04.